The van der Waals surface area contributed by atoms with Gasteiger partial charge in [-0.15, -0.1) is 0 Å². The first-order chi connectivity index (χ1) is 8.75. The summed E-state index contributed by atoms with van der Waals surface area (Å²) in [6, 6.07) is 0. The molecule has 0 bridgehead atoms. The van der Waals surface area contributed by atoms with Crippen LogP contribution >= 0.6 is 0 Å². The van der Waals surface area contributed by atoms with Crippen LogP contribution in [0.2, 0.25) is 0 Å². The maximum absolute atomic E-state index is 9.64. The summed E-state index contributed by atoms with van der Waals surface area (Å²) >= 11 is 0. The third-order valence-electron chi connectivity index (χ3n) is 4.10. The minimum Gasteiger partial charge on any atom is -0.393 e. The van der Waals surface area contributed by atoms with Gasteiger partial charge in [0.2, 0.25) is 0 Å². The summed E-state index contributed by atoms with van der Waals surface area (Å²) in [5.74, 6) is 0.442. The molecule has 0 spiro atoms. The van der Waals surface area contributed by atoms with Gasteiger partial charge in [0.05, 0.1) is 25.4 Å². The predicted octanol–water partition coefficient (Wildman–Crippen LogP) is 1.27. The highest BCUT2D eigenvalue weighted by molar-refractivity contribution is 4.76. The Kier molecular flexibility index (Phi) is 5.89. The van der Waals surface area contributed by atoms with E-state index >= 15 is 0 Å². The number of piperidine rings is 1. The van der Waals surface area contributed by atoms with Gasteiger partial charge in [-0.3, -0.25) is 0 Å². The van der Waals surface area contributed by atoms with Gasteiger partial charge in [0.1, 0.15) is 0 Å². The van der Waals surface area contributed by atoms with Crippen LogP contribution in [0.3, 0.4) is 0 Å². The largest absolute Gasteiger partial charge is 0.393 e. The molecule has 0 aromatic rings. The third kappa shape index (κ3) is 4.50. The van der Waals surface area contributed by atoms with Gasteiger partial charge in [-0.1, -0.05) is 0 Å². The molecule has 0 aromatic heterocycles. The molecule has 0 saturated carbocycles. The Hall–Kier alpha value is -0.160. The molecule has 0 aromatic carbocycles. The zero-order chi connectivity index (χ0) is 12.8. The smallest absolute Gasteiger partial charge is 0.0809 e. The van der Waals surface area contributed by atoms with Crippen molar-refractivity contribution in [3.05, 3.63) is 0 Å². The second kappa shape index (κ2) is 7.43. The number of aliphatic hydroxyl groups excluding tert-OH is 1. The van der Waals surface area contributed by atoms with E-state index in [0.717, 1.165) is 52.3 Å². The lowest BCUT2D eigenvalue weighted by Crippen LogP contribution is -2.41. The summed E-state index contributed by atoms with van der Waals surface area (Å²) in [5.41, 5.74) is 0. The first-order valence-electron chi connectivity index (χ1n) is 7.35. The Morgan fingerprint density at radius 1 is 1.39 bits per heavy atom. The molecule has 2 rings (SSSR count). The molecular weight excluding hydrogens is 230 g/mol. The van der Waals surface area contributed by atoms with Crippen molar-refractivity contribution in [1.29, 1.82) is 0 Å². The van der Waals surface area contributed by atoms with Crippen LogP contribution in [0.5, 0.6) is 0 Å². The number of ether oxygens (including phenoxy) is 2. The van der Waals surface area contributed by atoms with E-state index in [0.29, 0.717) is 12.0 Å². The fourth-order valence-corrected chi connectivity index (χ4v) is 2.87. The molecule has 4 nitrogen and oxygen atoms in total. The summed E-state index contributed by atoms with van der Waals surface area (Å²) in [6.07, 6.45) is 4.83. The first kappa shape index (κ1) is 14.3. The summed E-state index contributed by atoms with van der Waals surface area (Å²) in [6.45, 7) is 7.47. The number of hydrogen-bond donors (Lipinski definition) is 1. The number of hydrogen-bond acceptors (Lipinski definition) is 4. The normalized spacial score (nSPS) is 31.7. The van der Waals surface area contributed by atoms with Gasteiger partial charge in [-0.25, -0.2) is 0 Å². The van der Waals surface area contributed by atoms with Crippen LogP contribution in [-0.4, -0.2) is 61.7 Å². The SMILES string of the molecule is CC(O)C1CCCN(CCOCC2CCCO2)C1. The van der Waals surface area contributed by atoms with Crippen LogP contribution in [0, 0.1) is 5.92 Å². The molecular formula is C14H27NO3. The van der Waals surface area contributed by atoms with Crippen molar-refractivity contribution in [1.82, 2.24) is 4.90 Å². The molecule has 3 unspecified atom stereocenters. The first-order valence-corrected chi connectivity index (χ1v) is 7.35. The molecule has 0 radical (unpaired) electrons. The zero-order valence-corrected chi connectivity index (χ0v) is 11.5. The average molecular weight is 257 g/mol. The average Bonchev–Trinajstić information content (AvgIpc) is 2.88. The maximum atomic E-state index is 9.64. The van der Waals surface area contributed by atoms with E-state index in [4.69, 9.17) is 9.47 Å². The van der Waals surface area contributed by atoms with Gasteiger partial charge >= 0.3 is 0 Å². The maximum Gasteiger partial charge on any atom is 0.0809 e. The zero-order valence-electron chi connectivity index (χ0n) is 11.5. The van der Waals surface area contributed by atoms with E-state index in [2.05, 4.69) is 4.90 Å². The van der Waals surface area contributed by atoms with Crippen molar-refractivity contribution in [2.75, 3.05) is 39.5 Å². The Balaban J connectivity index is 1.55. The second-order valence-electron chi connectivity index (χ2n) is 5.65. The minimum absolute atomic E-state index is 0.180. The van der Waals surface area contributed by atoms with Crippen molar-refractivity contribution in [3.63, 3.8) is 0 Å². The molecule has 2 saturated heterocycles. The van der Waals surface area contributed by atoms with Crippen molar-refractivity contribution in [2.24, 2.45) is 5.92 Å². The van der Waals surface area contributed by atoms with E-state index in [-0.39, 0.29) is 6.10 Å². The molecule has 106 valence electrons. The van der Waals surface area contributed by atoms with Crippen LogP contribution in [0.1, 0.15) is 32.6 Å². The van der Waals surface area contributed by atoms with E-state index in [1.165, 1.54) is 12.8 Å². The standard InChI is InChI=1S/C14H27NO3/c1-12(16)13-4-2-6-15(10-13)7-9-17-11-14-5-3-8-18-14/h12-14,16H,2-11H2,1H3. The molecule has 1 N–H and O–H groups in total. The summed E-state index contributed by atoms with van der Waals surface area (Å²) in [7, 11) is 0. The highest BCUT2D eigenvalue weighted by Gasteiger charge is 2.23. The van der Waals surface area contributed by atoms with Crippen molar-refractivity contribution in [2.45, 2.75) is 44.8 Å². The van der Waals surface area contributed by atoms with Crippen molar-refractivity contribution in [3.8, 4) is 0 Å². The molecule has 0 amide bonds. The summed E-state index contributed by atoms with van der Waals surface area (Å²) < 4.78 is 11.2. The van der Waals surface area contributed by atoms with Crippen molar-refractivity contribution < 1.29 is 14.6 Å². The second-order valence-corrected chi connectivity index (χ2v) is 5.65. The Labute approximate surface area is 110 Å². The van der Waals surface area contributed by atoms with Crippen LogP contribution < -0.4 is 0 Å². The summed E-state index contributed by atoms with van der Waals surface area (Å²) in [4.78, 5) is 2.41. The molecule has 18 heavy (non-hydrogen) atoms. The number of rotatable bonds is 6. The Bertz CT molecular complexity index is 229. The highest BCUT2D eigenvalue weighted by atomic mass is 16.5. The molecule has 0 aliphatic carbocycles. The van der Waals surface area contributed by atoms with Gasteiger partial charge in [-0.2, -0.15) is 0 Å². The molecule has 2 heterocycles. The molecule has 2 aliphatic heterocycles. The number of likely N-dealkylation sites (tertiary alicyclic amines) is 1. The summed E-state index contributed by atoms with van der Waals surface area (Å²) in [5, 5.41) is 9.64. The quantitative estimate of drug-likeness (QED) is 0.728. The van der Waals surface area contributed by atoms with Gasteiger partial charge in [0.25, 0.3) is 0 Å². The van der Waals surface area contributed by atoms with Gasteiger partial charge in [-0.05, 0) is 45.1 Å². The van der Waals surface area contributed by atoms with Crippen LogP contribution in [0.15, 0.2) is 0 Å². The van der Waals surface area contributed by atoms with E-state index in [1.54, 1.807) is 0 Å². The van der Waals surface area contributed by atoms with Crippen LogP contribution in [0.4, 0.5) is 0 Å². The third-order valence-corrected chi connectivity index (χ3v) is 4.10. The van der Waals surface area contributed by atoms with Gasteiger partial charge in [0, 0.05) is 19.7 Å². The van der Waals surface area contributed by atoms with Crippen molar-refractivity contribution >= 4 is 0 Å². The lowest BCUT2D eigenvalue weighted by Gasteiger charge is -2.34. The fourth-order valence-electron chi connectivity index (χ4n) is 2.87. The molecule has 3 atom stereocenters. The van der Waals surface area contributed by atoms with E-state index < -0.39 is 0 Å². The van der Waals surface area contributed by atoms with E-state index in [1.807, 2.05) is 6.92 Å². The lowest BCUT2D eigenvalue weighted by molar-refractivity contribution is 0.00176. The number of nitrogens with zero attached hydrogens (tertiary/aromatic N) is 1. The Morgan fingerprint density at radius 3 is 3.00 bits per heavy atom. The van der Waals surface area contributed by atoms with Crippen LogP contribution in [0.25, 0.3) is 0 Å². The molecule has 2 fully saturated rings. The van der Waals surface area contributed by atoms with Gasteiger partial charge < -0.3 is 19.5 Å². The molecule has 2 aliphatic rings. The van der Waals surface area contributed by atoms with Crippen LogP contribution in [-0.2, 0) is 9.47 Å². The Morgan fingerprint density at radius 2 is 2.28 bits per heavy atom. The number of aliphatic hydroxyl groups is 1. The molecule has 4 heteroatoms. The predicted molar refractivity (Wildman–Crippen MR) is 70.6 cm³/mol. The van der Waals surface area contributed by atoms with E-state index in [9.17, 15) is 5.11 Å². The monoisotopic (exact) mass is 257 g/mol. The fraction of sp³-hybridized carbons (Fsp3) is 1.00. The minimum atomic E-state index is -0.180. The lowest BCUT2D eigenvalue weighted by atomic mass is 9.93. The van der Waals surface area contributed by atoms with Gasteiger partial charge in [0.15, 0.2) is 0 Å². The topological polar surface area (TPSA) is 41.9 Å². The highest BCUT2D eigenvalue weighted by Crippen LogP contribution is 2.19.